The van der Waals surface area contributed by atoms with Gasteiger partial charge in [0.25, 0.3) is 0 Å². The average Bonchev–Trinajstić information content (AvgIpc) is 2.48. The lowest BCUT2D eigenvalue weighted by Crippen LogP contribution is -2.39. The molecule has 3 nitrogen and oxygen atoms in total. The van der Waals surface area contributed by atoms with Crippen molar-refractivity contribution in [2.75, 3.05) is 6.54 Å². The summed E-state index contributed by atoms with van der Waals surface area (Å²) < 4.78 is 0. The van der Waals surface area contributed by atoms with Crippen LogP contribution in [0.25, 0.3) is 0 Å². The van der Waals surface area contributed by atoms with Crippen LogP contribution in [0.5, 0.6) is 0 Å². The molecule has 10 heavy (non-hydrogen) atoms. The van der Waals surface area contributed by atoms with Gasteiger partial charge in [0.15, 0.2) is 5.96 Å². The molecule has 0 radical (unpaired) electrons. The van der Waals surface area contributed by atoms with Crippen LogP contribution in [-0.2, 0) is 0 Å². The highest BCUT2D eigenvalue weighted by molar-refractivity contribution is 5.79. The first-order valence-electron chi connectivity index (χ1n) is 3.74. The number of nitrogens with two attached hydrogens (primary N) is 1. The van der Waals surface area contributed by atoms with Gasteiger partial charge in [-0.2, -0.15) is 0 Å². The molecule has 1 rings (SSSR count). The number of hydrogen-bond acceptors (Lipinski definition) is 1. The lowest BCUT2D eigenvalue weighted by Gasteiger charge is -2.10. The lowest BCUT2D eigenvalue weighted by molar-refractivity contribution is 0.660. The van der Waals surface area contributed by atoms with Crippen molar-refractivity contribution < 1.29 is 0 Å². The zero-order valence-corrected chi connectivity index (χ0v) is 6.65. The van der Waals surface area contributed by atoms with Crippen molar-refractivity contribution in [2.24, 2.45) is 10.7 Å². The Balaban J connectivity index is 2.30. The van der Waals surface area contributed by atoms with Crippen molar-refractivity contribution in [3.63, 3.8) is 0 Å². The second-order valence-electron chi connectivity index (χ2n) is 3.05. The third kappa shape index (κ3) is 1.90. The molecule has 0 amide bonds. The van der Waals surface area contributed by atoms with E-state index in [4.69, 9.17) is 5.73 Å². The van der Waals surface area contributed by atoms with E-state index in [0.29, 0.717) is 5.96 Å². The molecule has 3 heteroatoms. The molecule has 0 aromatic carbocycles. The van der Waals surface area contributed by atoms with E-state index in [1.807, 2.05) is 6.92 Å². The second-order valence-corrected chi connectivity index (χ2v) is 3.05. The van der Waals surface area contributed by atoms with Gasteiger partial charge in [0.05, 0.1) is 0 Å². The zero-order chi connectivity index (χ0) is 7.61. The molecular weight excluding hydrogens is 126 g/mol. The summed E-state index contributed by atoms with van der Waals surface area (Å²) in [5, 5.41) is 3.16. The molecule has 3 N–H and O–H groups in total. The fourth-order valence-electron chi connectivity index (χ4n) is 0.832. The van der Waals surface area contributed by atoms with Crippen LogP contribution in [0, 0.1) is 0 Å². The second kappa shape index (κ2) is 2.48. The number of nitrogens with zero attached hydrogens (tertiary/aromatic N) is 1. The van der Waals surface area contributed by atoms with Crippen LogP contribution in [0.3, 0.4) is 0 Å². The maximum atomic E-state index is 5.55. The molecule has 0 aliphatic heterocycles. The van der Waals surface area contributed by atoms with Crippen molar-refractivity contribution >= 4 is 5.96 Å². The van der Waals surface area contributed by atoms with E-state index in [-0.39, 0.29) is 5.54 Å². The van der Waals surface area contributed by atoms with E-state index in [1.54, 1.807) is 0 Å². The van der Waals surface area contributed by atoms with Gasteiger partial charge in [0.2, 0.25) is 0 Å². The summed E-state index contributed by atoms with van der Waals surface area (Å²) >= 11 is 0. The van der Waals surface area contributed by atoms with Crippen LogP contribution in [0.2, 0.25) is 0 Å². The number of aliphatic imine (C=N–C) groups is 1. The Kier molecular flexibility index (Phi) is 1.83. The smallest absolute Gasteiger partial charge is 0.188 e. The van der Waals surface area contributed by atoms with Crippen LogP contribution in [0.1, 0.15) is 26.7 Å². The molecule has 0 bridgehead atoms. The lowest BCUT2D eigenvalue weighted by atomic mass is 10.3. The Bertz CT molecular complexity index is 147. The standard InChI is InChI=1S/C7H15N3/c1-3-9-6(8)10-7(2)4-5-7/h3-5H2,1-2H3,(H3,8,9,10). The third-order valence-electron chi connectivity index (χ3n) is 1.76. The topological polar surface area (TPSA) is 50.4 Å². The Morgan fingerprint density at radius 3 is 2.70 bits per heavy atom. The maximum absolute atomic E-state index is 5.55. The molecule has 0 spiro atoms. The SMILES string of the molecule is CCN=C(N)NC1(C)CC1. The number of nitrogens with one attached hydrogen (secondary N) is 1. The summed E-state index contributed by atoms with van der Waals surface area (Å²) in [6.07, 6.45) is 2.43. The van der Waals surface area contributed by atoms with Crippen molar-refractivity contribution in [1.29, 1.82) is 0 Å². The van der Waals surface area contributed by atoms with Gasteiger partial charge in [-0.05, 0) is 26.7 Å². The molecule has 0 saturated heterocycles. The van der Waals surface area contributed by atoms with Crippen molar-refractivity contribution in [2.45, 2.75) is 32.2 Å². The Hall–Kier alpha value is -0.730. The first-order valence-corrected chi connectivity index (χ1v) is 3.74. The molecule has 0 heterocycles. The number of guanidine groups is 1. The van der Waals surface area contributed by atoms with Crippen LogP contribution < -0.4 is 11.1 Å². The summed E-state index contributed by atoms with van der Waals surface area (Å²) in [4.78, 5) is 4.03. The van der Waals surface area contributed by atoms with E-state index in [0.717, 1.165) is 6.54 Å². The highest BCUT2D eigenvalue weighted by atomic mass is 15.2. The van der Waals surface area contributed by atoms with Crippen LogP contribution in [0.4, 0.5) is 0 Å². The van der Waals surface area contributed by atoms with E-state index in [1.165, 1.54) is 12.8 Å². The van der Waals surface area contributed by atoms with Crippen molar-refractivity contribution in [3.8, 4) is 0 Å². The Morgan fingerprint density at radius 2 is 2.30 bits per heavy atom. The Labute approximate surface area is 61.7 Å². The Morgan fingerprint density at radius 1 is 1.70 bits per heavy atom. The van der Waals surface area contributed by atoms with E-state index >= 15 is 0 Å². The van der Waals surface area contributed by atoms with E-state index in [9.17, 15) is 0 Å². The molecule has 0 aromatic heterocycles. The highest BCUT2D eigenvalue weighted by Gasteiger charge is 2.37. The molecule has 58 valence electrons. The monoisotopic (exact) mass is 141 g/mol. The fourth-order valence-corrected chi connectivity index (χ4v) is 0.832. The van der Waals surface area contributed by atoms with Crippen LogP contribution in [0.15, 0.2) is 4.99 Å². The minimum Gasteiger partial charge on any atom is -0.370 e. The molecule has 0 atom stereocenters. The molecule has 1 aliphatic carbocycles. The molecular formula is C7H15N3. The summed E-state index contributed by atoms with van der Waals surface area (Å²) in [7, 11) is 0. The van der Waals surface area contributed by atoms with Gasteiger partial charge in [-0.15, -0.1) is 0 Å². The molecule has 0 unspecified atom stereocenters. The van der Waals surface area contributed by atoms with Gasteiger partial charge in [0, 0.05) is 12.1 Å². The first kappa shape index (κ1) is 7.38. The van der Waals surface area contributed by atoms with Gasteiger partial charge < -0.3 is 11.1 Å². The van der Waals surface area contributed by atoms with Gasteiger partial charge in [-0.3, -0.25) is 4.99 Å². The van der Waals surface area contributed by atoms with E-state index < -0.39 is 0 Å². The van der Waals surface area contributed by atoms with Crippen molar-refractivity contribution in [3.05, 3.63) is 0 Å². The van der Waals surface area contributed by atoms with Crippen LogP contribution >= 0.6 is 0 Å². The molecule has 1 saturated carbocycles. The summed E-state index contributed by atoms with van der Waals surface area (Å²) in [5.41, 5.74) is 5.82. The normalized spacial score (nSPS) is 22.4. The number of rotatable bonds is 2. The van der Waals surface area contributed by atoms with Gasteiger partial charge in [-0.25, -0.2) is 0 Å². The highest BCUT2D eigenvalue weighted by Crippen LogP contribution is 2.33. The summed E-state index contributed by atoms with van der Waals surface area (Å²) in [6, 6.07) is 0. The molecule has 1 fully saturated rings. The predicted molar refractivity (Wildman–Crippen MR) is 42.9 cm³/mol. The van der Waals surface area contributed by atoms with Crippen LogP contribution in [-0.4, -0.2) is 18.0 Å². The van der Waals surface area contributed by atoms with Gasteiger partial charge >= 0.3 is 0 Å². The largest absolute Gasteiger partial charge is 0.370 e. The summed E-state index contributed by atoms with van der Waals surface area (Å²) in [5.74, 6) is 0.586. The first-order chi connectivity index (χ1) is 4.66. The van der Waals surface area contributed by atoms with Gasteiger partial charge in [-0.1, -0.05) is 0 Å². The molecule has 0 aromatic rings. The average molecular weight is 141 g/mol. The predicted octanol–water partition coefficient (Wildman–Crippen LogP) is 0.463. The van der Waals surface area contributed by atoms with Gasteiger partial charge in [0.1, 0.15) is 0 Å². The number of hydrogen-bond donors (Lipinski definition) is 2. The van der Waals surface area contributed by atoms with Crippen molar-refractivity contribution in [1.82, 2.24) is 5.32 Å². The quantitative estimate of drug-likeness (QED) is 0.433. The maximum Gasteiger partial charge on any atom is 0.188 e. The minimum atomic E-state index is 0.267. The fraction of sp³-hybridized carbons (Fsp3) is 0.857. The third-order valence-corrected chi connectivity index (χ3v) is 1.76. The molecule has 1 aliphatic rings. The summed E-state index contributed by atoms with van der Waals surface area (Å²) in [6.45, 7) is 4.89. The van der Waals surface area contributed by atoms with E-state index in [2.05, 4.69) is 17.2 Å². The minimum absolute atomic E-state index is 0.267. The zero-order valence-electron chi connectivity index (χ0n) is 6.65.